The van der Waals surface area contributed by atoms with Gasteiger partial charge in [-0.05, 0) is 38.2 Å². The molecule has 342 valence electrons. The van der Waals surface area contributed by atoms with E-state index in [0.717, 1.165) is 18.9 Å². The molecule has 0 saturated carbocycles. The average Bonchev–Trinajstić information content (AvgIpc) is 3.16. The van der Waals surface area contributed by atoms with Crippen LogP contribution in [0.15, 0.2) is 59.8 Å². The highest BCUT2D eigenvalue weighted by molar-refractivity contribution is 5.84. The van der Waals surface area contributed by atoms with Crippen LogP contribution in [-0.2, 0) is 52.3 Å². The first-order chi connectivity index (χ1) is 28.6. The fourth-order valence-corrected chi connectivity index (χ4v) is 8.20. The standard InChI is InChI=1S/C45H66O16/c1-9-10-11-12-13-14-37(49)59-41-29(21-39(51)56-8)20-32-24-35(27(2)46)58-40(52)23-30(47)22-33-25-36(48)43(5,6)44(53,60-33)26-34-18-28(19-38(50)55-7)17-31(57-34)15-16-42(3,4)45(41,54)61-32/h11-16,19,21,27,30-36,41,46-48,53-54H,9-10,17-18,20,22-26H2,1-8H3/b12-11+,14-13+,16-15?,28-19-,29-21+/t27-,30-,31+,32+,33-,34+,35-,36+,41+,44+,45-/m1/s1. The Bertz CT molecular complexity index is 1710. The minimum absolute atomic E-state index is 0.0448. The molecule has 16 nitrogen and oxygen atoms in total. The summed E-state index contributed by atoms with van der Waals surface area (Å²) in [5, 5.41) is 58.3. The first-order valence-electron chi connectivity index (χ1n) is 21.0. The van der Waals surface area contributed by atoms with Gasteiger partial charge in [-0.15, -0.1) is 0 Å². The summed E-state index contributed by atoms with van der Waals surface area (Å²) in [6.07, 6.45) is 2.75. The number of carbonyl (C=O) groups excluding carboxylic acids is 4. The molecule has 0 aromatic rings. The van der Waals surface area contributed by atoms with Gasteiger partial charge >= 0.3 is 23.9 Å². The third kappa shape index (κ3) is 12.7. The van der Waals surface area contributed by atoms with Gasteiger partial charge in [0.25, 0.3) is 0 Å². The maximum absolute atomic E-state index is 13.4. The number of aliphatic hydroxyl groups excluding tert-OH is 3. The van der Waals surface area contributed by atoms with Crippen molar-refractivity contribution >= 4 is 23.9 Å². The molecule has 0 radical (unpaired) electrons. The predicted octanol–water partition coefficient (Wildman–Crippen LogP) is 3.71. The van der Waals surface area contributed by atoms with Crippen LogP contribution in [0, 0.1) is 10.8 Å². The summed E-state index contributed by atoms with van der Waals surface area (Å²) in [6, 6.07) is 0. The van der Waals surface area contributed by atoms with E-state index in [-0.39, 0.29) is 50.5 Å². The third-order valence-corrected chi connectivity index (χ3v) is 12.1. The lowest BCUT2D eigenvalue weighted by atomic mass is 9.70. The molecule has 4 heterocycles. The van der Waals surface area contributed by atoms with Crippen LogP contribution in [0.25, 0.3) is 0 Å². The number of esters is 4. The smallest absolute Gasteiger partial charge is 0.331 e. The van der Waals surface area contributed by atoms with E-state index in [1.165, 1.54) is 39.4 Å². The number of allylic oxidation sites excluding steroid dienone is 3. The molecule has 61 heavy (non-hydrogen) atoms. The Kier molecular flexibility index (Phi) is 17.3. The number of cyclic esters (lactones) is 1. The Morgan fingerprint density at radius 2 is 1.57 bits per heavy atom. The van der Waals surface area contributed by atoms with Crippen molar-refractivity contribution in [2.24, 2.45) is 10.8 Å². The number of hydrogen-bond donors (Lipinski definition) is 5. The lowest BCUT2D eigenvalue weighted by Gasteiger charge is -2.53. The maximum atomic E-state index is 13.4. The van der Waals surface area contributed by atoms with E-state index in [2.05, 4.69) is 0 Å². The molecule has 4 rings (SSSR count). The summed E-state index contributed by atoms with van der Waals surface area (Å²) in [5.41, 5.74) is -2.00. The molecule has 0 spiro atoms. The van der Waals surface area contributed by atoms with E-state index in [9.17, 15) is 44.7 Å². The molecule has 3 saturated heterocycles. The minimum Gasteiger partial charge on any atom is -0.466 e. The molecule has 6 bridgehead atoms. The van der Waals surface area contributed by atoms with E-state index in [0.29, 0.717) is 5.57 Å². The van der Waals surface area contributed by atoms with Gasteiger partial charge in [0.05, 0.1) is 63.4 Å². The quantitative estimate of drug-likeness (QED) is 0.0770. The zero-order chi connectivity index (χ0) is 45.3. The predicted molar refractivity (Wildman–Crippen MR) is 219 cm³/mol. The summed E-state index contributed by atoms with van der Waals surface area (Å²) in [4.78, 5) is 52.0. The van der Waals surface area contributed by atoms with Gasteiger partial charge in [-0.3, -0.25) is 4.79 Å². The monoisotopic (exact) mass is 862 g/mol. The normalized spacial score (nSPS) is 36.6. The van der Waals surface area contributed by atoms with Crippen molar-refractivity contribution in [3.63, 3.8) is 0 Å². The fourth-order valence-electron chi connectivity index (χ4n) is 8.20. The average molecular weight is 863 g/mol. The Balaban J connectivity index is 1.87. The largest absolute Gasteiger partial charge is 0.466 e. The van der Waals surface area contributed by atoms with Crippen LogP contribution in [0.5, 0.6) is 0 Å². The second-order valence-corrected chi connectivity index (χ2v) is 17.7. The van der Waals surface area contributed by atoms with Gasteiger partial charge in [-0.25, -0.2) is 14.4 Å². The zero-order valence-corrected chi connectivity index (χ0v) is 36.6. The van der Waals surface area contributed by atoms with Crippen molar-refractivity contribution in [2.45, 2.75) is 172 Å². The van der Waals surface area contributed by atoms with Gasteiger partial charge in [0.1, 0.15) is 6.10 Å². The minimum atomic E-state index is -2.45. The summed E-state index contributed by atoms with van der Waals surface area (Å²) in [5.74, 6) is -7.61. The first kappa shape index (κ1) is 49.9. The lowest BCUT2D eigenvalue weighted by molar-refractivity contribution is -0.348. The van der Waals surface area contributed by atoms with Crippen molar-refractivity contribution in [3.05, 3.63) is 59.8 Å². The van der Waals surface area contributed by atoms with Gasteiger partial charge in [0.2, 0.25) is 5.79 Å². The summed E-state index contributed by atoms with van der Waals surface area (Å²) >= 11 is 0. The molecule has 16 heteroatoms. The molecule has 0 aromatic carbocycles. The molecule has 3 fully saturated rings. The number of aliphatic hydroxyl groups is 5. The number of methoxy groups -OCH3 is 2. The Morgan fingerprint density at radius 1 is 0.885 bits per heavy atom. The van der Waals surface area contributed by atoms with Gasteiger partial charge in [0.15, 0.2) is 11.9 Å². The van der Waals surface area contributed by atoms with Gasteiger partial charge in [-0.1, -0.05) is 77.0 Å². The van der Waals surface area contributed by atoms with Gasteiger partial charge in [0, 0.05) is 54.7 Å². The van der Waals surface area contributed by atoms with E-state index >= 15 is 0 Å². The summed E-state index contributed by atoms with van der Waals surface area (Å²) in [7, 11) is 2.41. The van der Waals surface area contributed by atoms with Crippen molar-refractivity contribution < 1.29 is 77.9 Å². The van der Waals surface area contributed by atoms with Crippen molar-refractivity contribution in [1.29, 1.82) is 0 Å². The van der Waals surface area contributed by atoms with Crippen molar-refractivity contribution in [3.8, 4) is 0 Å². The van der Waals surface area contributed by atoms with E-state index < -0.39 is 108 Å². The molecule has 0 amide bonds. The molecule has 0 aromatic heterocycles. The van der Waals surface area contributed by atoms with Crippen LogP contribution in [0.3, 0.4) is 0 Å². The highest BCUT2D eigenvalue weighted by Crippen LogP contribution is 2.49. The number of unbranched alkanes of at least 4 members (excludes halogenated alkanes) is 1. The Morgan fingerprint density at radius 3 is 2.23 bits per heavy atom. The van der Waals surface area contributed by atoms with E-state index in [1.54, 1.807) is 45.9 Å². The molecular formula is C45H66O16. The summed E-state index contributed by atoms with van der Waals surface area (Å²) < 4.78 is 40.7. The number of rotatable bonds is 8. The fraction of sp³-hybridized carbons (Fsp3) is 0.689. The molecule has 0 unspecified atom stereocenters. The van der Waals surface area contributed by atoms with Crippen LogP contribution in [0.4, 0.5) is 0 Å². The van der Waals surface area contributed by atoms with Gasteiger partial charge in [-0.2, -0.15) is 0 Å². The SMILES string of the molecule is CCC/C=C/C=C/C(=O)O[C@H]1/C(=C/C(=O)OC)C[C@H]2C[C@H]([C@@H](C)O)OC(=O)C[C@H](O)C[C@@H]3C[C@H](O)C(C)(C)[C@](O)(C[C@@H]4C/C(=C\C(=O)OC)C[C@H](C=CC(C)(C)[C@]1(O)O2)O4)O3. The number of hydrogen-bond acceptors (Lipinski definition) is 16. The molecule has 4 aliphatic rings. The Labute approximate surface area is 358 Å². The van der Waals surface area contributed by atoms with Crippen LogP contribution in [0.2, 0.25) is 0 Å². The second kappa shape index (κ2) is 21.1. The Hall–Kier alpha value is -3.74. The highest BCUT2D eigenvalue weighted by Gasteiger charge is 2.59. The molecule has 4 aliphatic heterocycles. The van der Waals surface area contributed by atoms with Crippen LogP contribution < -0.4 is 0 Å². The van der Waals surface area contributed by atoms with Crippen molar-refractivity contribution in [2.75, 3.05) is 14.2 Å². The summed E-state index contributed by atoms with van der Waals surface area (Å²) in [6.45, 7) is 9.92. The third-order valence-electron chi connectivity index (χ3n) is 12.1. The van der Waals surface area contributed by atoms with E-state index in [4.69, 9.17) is 33.2 Å². The number of fused-ring (bicyclic) bond motifs is 6. The highest BCUT2D eigenvalue weighted by atomic mass is 16.7. The molecule has 11 atom stereocenters. The number of ether oxygens (including phenoxy) is 7. The molecule has 5 N–H and O–H groups in total. The van der Waals surface area contributed by atoms with E-state index in [1.807, 2.05) is 13.0 Å². The van der Waals surface area contributed by atoms with Crippen LogP contribution >= 0.6 is 0 Å². The zero-order valence-electron chi connectivity index (χ0n) is 36.6. The number of carbonyl (C=O) groups is 4. The topological polar surface area (TPSA) is 234 Å². The maximum Gasteiger partial charge on any atom is 0.331 e. The van der Waals surface area contributed by atoms with Crippen molar-refractivity contribution in [1.82, 2.24) is 0 Å². The molecular weight excluding hydrogens is 796 g/mol. The molecule has 0 aliphatic carbocycles. The first-order valence-corrected chi connectivity index (χ1v) is 21.0. The van der Waals surface area contributed by atoms with Crippen LogP contribution in [0.1, 0.15) is 106 Å². The lowest BCUT2D eigenvalue weighted by Crippen LogP contribution is -2.62. The van der Waals surface area contributed by atoms with Crippen LogP contribution in [-0.4, -0.2) is 130 Å². The second-order valence-electron chi connectivity index (χ2n) is 17.7. The van der Waals surface area contributed by atoms with Gasteiger partial charge < -0.3 is 58.7 Å².